The van der Waals surface area contributed by atoms with Crippen LogP contribution in [0.15, 0.2) is 18.2 Å². The maximum absolute atomic E-state index is 10.8. The number of carbonyl (C=O) groups is 1. The molecule has 0 aromatic heterocycles. The van der Waals surface area contributed by atoms with Gasteiger partial charge >= 0.3 is 5.97 Å². The Hall–Kier alpha value is -1.79. The third-order valence-electron chi connectivity index (χ3n) is 4.29. The van der Waals surface area contributed by atoms with Crippen LogP contribution in [-0.4, -0.2) is 52.9 Å². The van der Waals surface area contributed by atoms with E-state index in [1.807, 2.05) is 30.9 Å². The summed E-state index contributed by atoms with van der Waals surface area (Å²) in [6.07, 6.45) is 1.94. The van der Waals surface area contributed by atoms with Crippen molar-refractivity contribution in [2.24, 2.45) is 0 Å². The predicted octanol–water partition coefficient (Wildman–Crippen LogP) is 1.82. The molecule has 0 unspecified atom stereocenters. The Labute approximate surface area is 137 Å². The Kier molecular flexibility index (Phi) is 6.24. The van der Waals surface area contributed by atoms with Crippen molar-refractivity contribution >= 4 is 5.97 Å². The molecule has 0 radical (unpaired) electrons. The number of phenolic OH excluding ortho intramolecular Hbond substituents is 1. The van der Waals surface area contributed by atoms with Gasteiger partial charge in [0.05, 0.1) is 13.2 Å². The highest BCUT2D eigenvalue weighted by atomic mass is 16.5. The number of likely N-dealkylation sites (N-methyl/N-ethyl adjacent to an activating group) is 1. The molecule has 1 saturated carbocycles. The molecule has 1 aromatic carbocycles. The van der Waals surface area contributed by atoms with Gasteiger partial charge in [0, 0.05) is 18.6 Å². The van der Waals surface area contributed by atoms with E-state index in [-0.39, 0.29) is 12.3 Å². The molecule has 1 aliphatic carbocycles. The molecular weight excluding hydrogens is 296 g/mol. The lowest BCUT2D eigenvalue weighted by Crippen LogP contribution is -2.53. The SMILES string of the molecule is CCOc1cc(CNC2CC(N(CC)CC(=O)O)C2)ccc1O. The molecule has 0 atom stereocenters. The van der Waals surface area contributed by atoms with Gasteiger partial charge < -0.3 is 20.3 Å². The summed E-state index contributed by atoms with van der Waals surface area (Å²) >= 11 is 0. The average Bonchev–Trinajstić information content (AvgIpc) is 2.47. The minimum absolute atomic E-state index is 0.115. The second kappa shape index (κ2) is 8.17. The molecule has 0 saturated heterocycles. The Balaban J connectivity index is 1.78. The Morgan fingerprint density at radius 3 is 2.74 bits per heavy atom. The smallest absolute Gasteiger partial charge is 0.317 e. The third kappa shape index (κ3) is 4.84. The topological polar surface area (TPSA) is 82.0 Å². The number of benzene rings is 1. The number of rotatable bonds is 9. The van der Waals surface area contributed by atoms with Crippen LogP contribution in [0.4, 0.5) is 0 Å². The van der Waals surface area contributed by atoms with Crippen molar-refractivity contribution < 1.29 is 19.7 Å². The van der Waals surface area contributed by atoms with Gasteiger partial charge in [-0.25, -0.2) is 0 Å². The van der Waals surface area contributed by atoms with Crippen LogP contribution < -0.4 is 10.1 Å². The first-order valence-corrected chi connectivity index (χ1v) is 8.17. The van der Waals surface area contributed by atoms with E-state index in [4.69, 9.17) is 9.84 Å². The molecular formula is C17H26N2O4. The molecule has 0 amide bonds. The van der Waals surface area contributed by atoms with Crippen LogP contribution in [-0.2, 0) is 11.3 Å². The third-order valence-corrected chi connectivity index (χ3v) is 4.29. The summed E-state index contributed by atoms with van der Waals surface area (Å²) in [6.45, 7) is 5.99. The van der Waals surface area contributed by atoms with E-state index < -0.39 is 5.97 Å². The van der Waals surface area contributed by atoms with Crippen molar-refractivity contribution in [3.8, 4) is 11.5 Å². The average molecular weight is 322 g/mol. The molecule has 0 aliphatic heterocycles. The Morgan fingerprint density at radius 2 is 2.13 bits per heavy atom. The summed E-state index contributed by atoms with van der Waals surface area (Å²) in [5.41, 5.74) is 1.06. The lowest BCUT2D eigenvalue weighted by Gasteiger charge is -2.42. The zero-order chi connectivity index (χ0) is 16.8. The van der Waals surface area contributed by atoms with E-state index in [0.717, 1.165) is 24.9 Å². The second-order valence-electron chi connectivity index (χ2n) is 5.89. The lowest BCUT2D eigenvalue weighted by atomic mass is 9.85. The summed E-state index contributed by atoms with van der Waals surface area (Å²) in [5.74, 6) is -0.0979. The summed E-state index contributed by atoms with van der Waals surface area (Å²) < 4.78 is 5.38. The number of hydrogen-bond donors (Lipinski definition) is 3. The highest BCUT2D eigenvalue weighted by Gasteiger charge is 2.33. The standard InChI is InChI=1S/C17H26N2O4/c1-3-19(11-17(21)22)14-8-13(9-14)18-10-12-5-6-15(20)16(7-12)23-4-2/h5-7,13-14,18,20H,3-4,8-11H2,1-2H3,(H,21,22). The molecule has 1 fully saturated rings. The zero-order valence-electron chi connectivity index (χ0n) is 13.8. The summed E-state index contributed by atoms with van der Waals surface area (Å²) in [7, 11) is 0. The first kappa shape index (κ1) is 17.6. The van der Waals surface area contributed by atoms with E-state index in [9.17, 15) is 9.90 Å². The molecule has 0 heterocycles. The first-order valence-electron chi connectivity index (χ1n) is 8.17. The fourth-order valence-electron chi connectivity index (χ4n) is 2.93. The minimum Gasteiger partial charge on any atom is -0.504 e. The van der Waals surface area contributed by atoms with E-state index in [0.29, 0.717) is 31.0 Å². The first-order chi connectivity index (χ1) is 11.0. The summed E-state index contributed by atoms with van der Waals surface area (Å²) in [4.78, 5) is 12.8. The number of phenols is 1. The molecule has 0 spiro atoms. The van der Waals surface area contributed by atoms with Gasteiger partial charge in [0.25, 0.3) is 0 Å². The monoisotopic (exact) mass is 322 g/mol. The molecule has 1 aliphatic rings. The van der Waals surface area contributed by atoms with E-state index in [1.54, 1.807) is 6.07 Å². The molecule has 0 bridgehead atoms. The van der Waals surface area contributed by atoms with Gasteiger partial charge in [-0.2, -0.15) is 0 Å². The molecule has 3 N–H and O–H groups in total. The van der Waals surface area contributed by atoms with Crippen LogP contribution in [0.3, 0.4) is 0 Å². The number of hydrogen-bond acceptors (Lipinski definition) is 5. The second-order valence-corrected chi connectivity index (χ2v) is 5.89. The van der Waals surface area contributed by atoms with Crippen LogP contribution in [0.5, 0.6) is 11.5 Å². The molecule has 23 heavy (non-hydrogen) atoms. The zero-order valence-corrected chi connectivity index (χ0v) is 13.8. The van der Waals surface area contributed by atoms with Crippen molar-refractivity contribution in [2.75, 3.05) is 19.7 Å². The van der Waals surface area contributed by atoms with Crippen molar-refractivity contribution in [1.29, 1.82) is 0 Å². The van der Waals surface area contributed by atoms with Gasteiger partial charge in [-0.15, -0.1) is 0 Å². The molecule has 6 nitrogen and oxygen atoms in total. The van der Waals surface area contributed by atoms with Crippen molar-refractivity contribution in [1.82, 2.24) is 10.2 Å². The van der Waals surface area contributed by atoms with Gasteiger partial charge in [0.1, 0.15) is 0 Å². The van der Waals surface area contributed by atoms with Crippen molar-refractivity contribution in [2.45, 2.75) is 45.3 Å². The number of nitrogens with zero attached hydrogens (tertiary/aromatic N) is 1. The quantitative estimate of drug-likeness (QED) is 0.643. The largest absolute Gasteiger partial charge is 0.504 e. The van der Waals surface area contributed by atoms with E-state index in [2.05, 4.69) is 5.32 Å². The number of aromatic hydroxyl groups is 1. The molecule has 1 aromatic rings. The van der Waals surface area contributed by atoms with Crippen molar-refractivity contribution in [3.05, 3.63) is 23.8 Å². The van der Waals surface area contributed by atoms with E-state index >= 15 is 0 Å². The van der Waals surface area contributed by atoms with Crippen LogP contribution in [0.1, 0.15) is 32.3 Å². The van der Waals surface area contributed by atoms with Gasteiger partial charge in [0.2, 0.25) is 0 Å². The number of nitrogens with one attached hydrogen (secondary N) is 1. The number of carboxylic acids is 1. The maximum Gasteiger partial charge on any atom is 0.317 e. The fourth-order valence-corrected chi connectivity index (χ4v) is 2.93. The summed E-state index contributed by atoms with van der Waals surface area (Å²) in [5, 5.41) is 22.1. The molecule has 128 valence electrons. The number of aliphatic carboxylic acids is 1. The van der Waals surface area contributed by atoms with Gasteiger partial charge in [-0.3, -0.25) is 9.69 Å². The fraction of sp³-hybridized carbons (Fsp3) is 0.588. The van der Waals surface area contributed by atoms with Crippen molar-refractivity contribution in [3.63, 3.8) is 0 Å². The number of ether oxygens (including phenoxy) is 1. The lowest BCUT2D eigenvalue weighted by molar-refractivity contribution is -0.139. The summed E-state index contributed by atoms with van der Waals surface area (Å²) in [6, 6.07) is 6.14. The molecule has 2 rings (SSSR count). The van der Waals surface area contributed by atoms with Gasteiger partial charge in [-0.1, -0.05) is 13.0 Å². The van der Waals surface area contributed by atoms with Crippen LogP contribution in [0.2, 0.25) is 0 Å². The molecule has 6 heteroatoms. The Bertz CT molecular complexity index is 529. The van der Waals surface area contributed by atoms with Crippen LogP contribution in [0, 0.1) is 0 Å². The maximum atomic E-state index is 10.8. The predicted molar refractivity (Wildman–Crippen MR) is 87.8 cm³/mol. The Morgan fingerprint density at radius 1 is 1.39 bits per heavy atom. The van der Waals surface area contributed by atoms with Gasteiger partial charge in [0.15, 0.2) is 11.5 Å². The van der Waals surface area contributed by atoms with Crippen LogP contribution in [0.25, 0.3) is 0 Å². The van der Waals surface area contributed by atoms with Crippen LogP contribution >= 0.6 is 0 Å². The normalized spacial score (nSPS) is 20.3. The highest BCUT2D eigenvalue weighted by Crippen LogP contribution is 2.28. The van der Waals surface area contributed by atoms with Gasteiger partial charge in [-0.05, 0) is 44.0 Å². The highest BCUT2D eigenvalue weighted by molar-refractivity contribution is 5.69. The minimum atomic E-state index is -0.768. The van der Waals surface area contributed by atoms with E-state index in [1.165, 1.54) is 0 Å². The number of carboxylic acid groups (broad SMARTS) is 1.